The summed E-state index contributed by atoms with van der Waals surface area (Å²) in [5.74, 6) is -1.69. The number of aryl methyl sites for hydroxylation is 1. The zero-order valence-electron chi connectivity index (χ0n) is 17.0. The standard InChI is InChI=1S/C22H19BrN2O6/c1-4-13-5-7-15(8-6-13)25-21(28)16(20(27)24-22(25)29)9-14-10-18(30-3)19(11-17(14)23)31-12(2)26/h5-11H,4H2,1-3H3,(H,24,27,29)/b16-9-. The van der Waals surface area contributed by atoms with E-state index in [4.69, 9.17) is 9.47 Å². The highest BCUT2D eigenvalue weighted by Crippen LogP contribution is 2.35. The monoisotopic (exact) mass is 486 g/mol. The number of carbonyl (C=O) groups excluding carboxylic acids is 4. The Morgan fingerprint density at radius 3 is 2.39 bits per heavy atom. The molecule has 0 saturated carbocycles. The minimum atomic E-state index is -0.821. The molecule has 1 aliphatic rings. The van der Waals surface area contributed by atoms with Gasteiger partial charge in [-0.25, -0.2) is 9.69 Å². The summed E-state index contributed by atoms with van der Waals surface area (Å²) in [5, 5.41) is 2.19. The summed E-state index contributed by atoms with van der Waals surface area (Å²) in [4.78, 5) is 50.0. The Morgan fingerprint density at radius 1 is 1.13 bits per heavy atom. The van der Waals surface area contributed by atoms with Gasteiger partial charge in [-0.3, -0.25) is 19.7 Å². The molecule has 2 aromatic rings. The lowest BCUT2D eigenvalue weighted by Gasteiger charge is -2.26. The molecule has 1 N–H and O–H groups in total. The Hall–Kier alpha value is -3.46. The number of ether oxygens (including phenoxy) is 2. The summed E-state index contributed by atoms with van der Waals surface area (Å²) < 4.78 is 10.8. The fourth-order valence-electron chi connectivity index (χ4n) is 2.98. The maximum Gasteiger partial charge on any atom is 0.335 e. The molecule has 0 bridgehead atoms. The van der Waals surface area contributed by atoms with E-state index in [0.29, 0.717) is 15.7 Å². The fourth-order valence-corrected chi connectivity index (χ4v) is 3.42. The van der Waals surface area contributed by atoms with Crippen LogP contribution >= 0.6 is 15.9 Å². The first-order valence-electron chi connectivity index (χ1n) is 9.31. The van der Waals surface area contributed by atoms with Gasteiger partial charge in [0.25, 0.3) is 11.8 Å². The van der Waals surface area contributed by atoms with Crippen LogP contribution in [0.3, 0.4) is 0 Å². The van der Waals surface area contributed by atoms with Crippen LogP contribution in [-0.4, -0.2) is 30.9 Å². The highest BCUT2D eigenvalue weighted by atomic mass is 79.9. The van der Waals surface area contributed by atoms with Gasteiger partial charge in [-0.1, -0.05) is 35.0 Å². The molecule has 0 atom stereocenters. The second kappa shape index (κ2) is 9.13. The fraction of sp³-hybridized carbons (Fsp3) is 0.182. The molecule has 0 spiro atoms. The summed E-state index contributed by atoms with van der Waals surface area (Å²) in [6.45, 7) is 3.25. The van der Waals surface area contributed by atoms with E-state index in [1.807, 2.05) is 19.1 Å². The predicted molar refractivity (Wildman–Crippen MR) is 117 cm³/mol. The third-order valence-electron chi connectivity index (χ3n) is 4.54. The molecular formula is C22H19BrN2O6. The minimum Gasteiger partial charge on any atom is -0.493 e. The van der Waals surface area contributed by atoms with Crippen molar-refractivity contribution in [3.8, 4) is 11.5 Å². The molecule has 9 heteroatoms. The van der Waals surface area contributed by atoms with E-state index in [1.165, 1.54) is 32.2 Å². The Labute approximate surface area is 186 Å². The molecule has 160 valence electrons. The molecule has 2 aromatic carbocycles. The summed E-state index contributed by atoms with van der Waals surface area (Å²) in [6, 6.07) is 9.10. The predicted octanol–water partition coefficient (Wildman–Crippen LogP) is 3.61. The van der Waals surface area contributed by atoms with Gasteiger partial charge in [-0.05, 0) is 47.9 Å². The Morgan fingerprint density at radius 2 is 1.81 bits per heavy atom. The van der Waals surface area contributed by atoms with Crippen LogP contribution in [0.2, 0.25) is 0 Å². The van der Waals surface area contributed by atoms with Crippen molar-refractivity contribution < 1.29 is 28.7 Å². The van der Waals surface area contributed by atoms with Crippen LogP contribution in [0.15, 0.2) is 46.4 Å². The SMILES string of the molecule is CCc1ccc(N2C(=O)NC(=O)/C(=C/c3cc(OC)c(OC(C)=O)cc3Br)C2=O)cc1. The lowest BCUT2D eigenvalue weighted by atomic mass is 10.1. The number of hydrogen-bond acceptors (Lipinski definition) is 6. The number of halogens is 1. The number of hydrogen-bond donors (Lipinski definition) is 1. The summed E-state index contributed by atoms with van der Waals surface area (Å²) in [6.07, 6.45) is 2.14. The van der Waals surface area contributed by atoms with Crippen LogP contribution in [-0.2, 0) is 20.8 Å². The first-order valence-corrected chi connectivity index (χ1v) is 10.1. The van der Waals surface area contributed by atoms with Gasteiger partial charge >= 0.3 is 12.0 Å². The van der Waals surface area contributed by atoms with Crippen LogP contribution in [0.4, 0.5) is 10.5 Å². The molecule has 0 aliphatic carbocycles. The molecule has 0 radical (unpaired) electrons. The van der Waals surface area contributed by atoms with E-state index in [0.717, 1.165) is 16.9 Å². The van der Waals surface area contributed by atoms with Crippen molar-refractivity contribution in [3.63, 3.8) is 0 Å². The van der Waals surface area contributed by atoms with Crippen LogP contribution in [0.5, 0.6) is 11.5 Å². The van der Waals surface area contributed by atoms with Crippen LogP contribution < -0.4 is 19.7 Å². The van der Waals surface area contributed by atoms with Crippen molar-refractivity contribution in [2.24, 2.45) is 0 Å². The lowest BCUT2D eigenvalue weighted by molar-refractivity contribution is -0.132. The second-order valence-electron chi connectivity index (χ2n) is 6.60. The van der Waals surface area contributed by atoms with E-state index in [1.54, 1.807) is 12.1 Å². The van der Waals surface area contributed by atoms with E-state index >= 15 is 0 Å². The first-order chi connectivity index (χ1) is 14.7. The van der Waals surface area contributed by atoms with Crippen molar-refractivity contribution in [2.45, 2.75) is 20.3 Å². The zero-order chi connectivity index (χ0) is 22.7. The molecule has 3 rings (SSSR count). The first kappa shape index (κ1) is 22.2. The summed E-state index contributed by atoms with van der Waals surface area (Å²) in [7, 11) is 1.39. The molecule has 0 unspecified atom stereocenters. The highest BCUT2D eigenvalue weighted by molar-refractivity contribution is 9.10. The molecule has 4 amide bonds. The van der Waals surface area contributed by atoms with Gasteiger partial charge in [0.05, 0.1) is 12.8 Å². The number of esters is 1. The Bertz CT molecular complexity index is 1110. The zero-order valence-corrected chi connectivity index (χ0v) is 18.6. The second-order valence-corrected chi connectivity index (χ2v) is 7.45. The number of benzene rings is 2. The largest absolute Gasteiger partial charge is 0.493 e. The van der Waals surface area contributed by atoms with E-state index in [9.17, 15) is 19.2 Å². The summed E-state index contributed by atoms with van der Waals surface area (Å²) >= 11 is 3.34. The van der Waals surface area contributed by atoms with Gasteiger partial charge < -0.3 is 9.47 Å². The smallest absolute Gasteiger partial charge is 0.335 e. The van der Waals surface area contributed by atoms with E-state index in [-0.39, 0.29) is 17.1 Å². The molecule has 1 saturated heterocycles. The van der Waals surface area contributed by atoms with Gasteiger partial charge in [0.15, 0.2) is 11.5 Å². The van der Waals surface area contributed by atoms with E-state index in [2.05, 4.69) is 21.2 Å². The molecule has 1 fully saturated rings. The average molecular weight is 487 g/mol. The van der Waals surface area contributed by atoms with E-state index < -0.39 is 23.8 Å². The van der Waals surface area contributed by atoms with Gasteiger partial charge in [-0.15, -0.1) is 0 Å². The highest BCUT2D eigenvalue weighted by Gasteiger charge is 2.37. The topological polar surface area (TPSA) is 102 Å². The number of carbonyl (C=O) groups is 4. The maximum absolute atomic E-state index is 13.0. The Balaban J connectivity index is 2.02. The molecule has 8 nitrogen and oxygen atoms in total. The number of urea groups is 1. The summed E-state index contributed by atoms with van der Waals surface area (Å²) in [5.41, 5.74) is 1.58. The quantitative estimate of drug-likeness (QED) is 0.299. The van der Waals surface area contributed by atoms with Crippen molar-refractivity contribution in [2.75, 3.05) is 12.0 Å². The van der Waals surface area contributed by atoms with Crippen molar-refractivity contribution in [3.05, 3.63) is 57.6 Å². The number of imide groups is 2. The molecule has 1 aliphatic heterocycles. The number of amides is 4. The third-order valence-corrected chi connectivity index (χ3v) is 5.23. The minimum absolute atomic E-state index is 0.177. The van der Waals surface area contributed by atoms with Crippen molar-refractivity contribution in [1.29, 1.82) is 0 Å². The van der Waals surface area contributed by atoms with Gasteiger partial charge in [0, 0.05) is 11.4 Å². The molecule has 31 heavy (non-hydrogen) atoms. The maximum atomic E-state index is 13.0. The average Bonchev–Trinajstić information content (AvgIpc) is 2.72. The number of barbiturate groups is 1. The molecule has 0 aromatic heterocycles. The molecule has 1 heterocycles. The van der Waals surface area contributed by atoms with Crippen LogP contribution in [0.1, 0.15) is 25.0 Å². The number of nitrogens with zero attached hydrogens (tertiary/aromatic N) is 1. The van der Waals surface area contributed by atoms with Crippen LogP contribution in [0.25, 0.3) is 6.08 Å². The van der Waals surface area contributed by atoms with Gasteiger partial charge in [0.1, 0.15) is 5.57 Å². The van der Waals surface area contributed by atoms with Gasteiger partial charge in [-0.2, -0.15) is 0 Å². The lowest BCUT2D eigenvalue weighted by Crippen LogP contribution is -2.54. The number of anilines is 1. The normalized spacial score (nSPS) is 15.2. The number of methoxy groups -OCH3 is 1. The third kappa shape index (κ3) is 4.66. The number of nitrogens with one attached hydrogen (secondary N) is 1. The van der Waals surface area contributed by atoms with Crippen molar-refractivity contribution in [1.82, 2.24) is 5.32 Å². The number of rotatable bonds is 5. The van der Waals surface area contributed by atoms with Gasteiger partial charge in [0.2, 0.25) is 0 Å². The molecular weight excluding hydrogens is 468 g/mol. The Kier molecular flexibility index (Phi) is 6.55. The van der Waals surface area contributed by atoms with Crippen molar-refractivity contribution >= 4 is 51.5 Å². The van der Waals surface area contributed by atoms with Crippen LogP contribution in [0, 0.1) is 0 Å².